The molecular formula is C24H30FN3O3. The van der Waals surface area contributed by atoms with E-state index in [0.717, 1.165) is 55.5 Å². The van der Waals surface area contributed by atoms with Gasteiger partial charge in [0, 0.05) is 11.7 Å². The predicted molar refractivity (Wildman–Crippen MR) is 114 cm³/mol. The third kappa shape index (κ3) is 4.23. The van der Waals surface area contributed by atoms with Crippen molar-refractivity contribution in [3.8, 4) is 0 Å². The van der Waals surface area contributed by atoms with Gasteiger partial charge in [0.15, 0.2) is 0 Å². The van der Waals surface area contributed by atoms with Crippen LogP contribution in [0.2, 0.25) is 0 Å². The molecule has 4 rings (SSSR count). The van der Waals surface area contributed by atoms with E-state index in [0.29, 0.717) is 18.4 Å². The number of hydrogen-bond donors (Lipinski definition) is 1. The van der Waals surface area contributed by atoms with Crippen molar-refractivity contribution in [1.82, 2.24) is 15.1 Å². The number of halogens is 1. The summed E-state index contributed by atoms with van der Waals surface area (Å²) in [4.78, 5) is 42.5. The van der Waals surface area contributed by atoms with Crippen LogP contribution >= 0.6 is 0 Å². The first-order valence-electron chi connectivity index (χ1n) is 11.4. The smallest absolute Gasteiger partial charge is 0.319 e. The molecule has 1 saturated carbocycles. The molecule has 2 fully saturated rings. The minimum atomic E-state index is -1.25. The molecule has 0 radical (unpaired) electrons. The Morgan fingerprint density at radius 2 is 1.97 bits per heavy atom. The summed E-state index contributed by atoms with van der Waals surface area (Å²) in [5.74, 6) is -1.04. The van der Waals surface area contributed by atoms with Gasteiger partial charge < -0.3 is 10.2 Å². The Hall–Kier alpha value is -2.70. The maximum Gasteiger partial charge on any atom is 0.325 e. The molecule has 3 aliphatic rings. The van der Waals surface area contributed by atoms with Gasteiger partial charge in [-0.2, -0.15) is 0 Å². The first kappa shape index (κ1) is 21.5. The number of urea groups is 1. The summed E-state index contributed by atoms with van der Waals surface area (Å²) in [6.07, 6.45) is 9.99. The lowest BCUT2D eigenvalue weighted by Crippen LogP contribution is -2.46. The number of benzene rings is 1. The molecule has 1 N–H and O–H groups in total. The lowest BCUT2D eigenvalue weighted by Gasteiger charge is -2.30. The Kier molecular flexibility index (Phi) is 6.12. The molecule has 0 spiro atoms. The highest BCUT2D eigenvalue weighted by Crippen LogP contribution is 2.36. The van der Waals surface area contributed by atoms with Gasteiger partial charge in [-0.1, -0.05) is 38.0 Å². The van der Waals surface area contributed by atoms with Gasteiger partial charge in [0.25, 0.3) is 5.91 Å². The van der Waals surface area contributed by atoms with E-state index in [1.165, 1.54) is 24.3 Å². The number of nitrogens with one attached hydrogen (secondary N) is 1. The fraction of sp³-hybridized carbons (Fsp3) is 0.542. The molecule has 31 heavy (non-hydrogen) atoms. The third-order valence-corrected chi connectivity index (χ3v) is 6.47. The second-order valence-electron chi connectivity index (χ2n) is 8.77. The quantitative estimate of drug-likeness (QED) is 0.632. The van der Waals surface area contributed by atoms with Crippen LogP contribution in [0, 0.1) is 5.82 Å². The Labute approximate surface area is 182 Å². The summed E-state index contributed by atoms with van der Waals surface area (Å²) in [6, 6.07) is 5.28. The van der Waals surface area contributed by atoms with Crippen LogP contribution in [-0.2, 0) is 15.1 Å². The van der Waals surface area contributed by atoms with E-state index in [1.54, 1.807) is 0 Å². The van der Waals surface area contributed by atoms with Crippen LogP contribution in [0.5, 0.6) is 0 Å². The molecule has 1 aromatic carbocycles. The van der Waals surface area contributed by atoms with E-state index in [-0.39, 0.29) is 18.5 Å². The largest absolute Gasteiger partial charge is 0.325 e. The second kappa shape index (κ2) is 8.81. The molecule has 0 aromatic heterocycles. The van der Waals surface area contributed by atoms with Gasteiger partial charge in [0.2, 0.25) is 5.91 Å². The first-order chi connectivity index (χ1) is 15.0. The highest BCUT2D eigenvalue weighted by Gasteiger charge is 2.53. The van der Waals surface area contributed by atoms with Gasteiger partial charge >= 0.3 is 6.03 Å². The number of imide groups is 1. The second-order valence-corrected chi connectivity index (χ2v) is 8.77. The van der Waals surface area contributed by atoms with E-state index in [1.807, 2.05) is 11.8 Å². The molecule has 1 aliphatic heterocycles. The number of hydrogen-bond acceptors (Lipinski definition) is 3. The zero-order chi connectivity index (χ0) is 22.0. The van der Waals surface area contributed by atoms with Crippen LogP contribution in [0.25, 0.3) is 0 Å². The van der Waals surface area contributed by atoms with Crippen molar-refractivity contribution in [2.75, 3.05) is 6.54 Å². The normalized spacial score (nSPS) is 23.5. The molecule has 166 valence electrons. The monoisotopic (exact) mass is 427 g/mol. The number of amides is 4. The van der Waals surface area contributed by atoms with Crippen LogP contribution in [0.4, 0.5) is 9.18 Å². The molecule has 1 aromatic rings. The highest BCUT2D eigenvalue weighted by molar-refractivity contribution is 6.09. The average molecular weight is 428 g/mol. The van der Waals surface area contributed by atoms with Crippen molar-refractivity contribution in [1.29, 1.82) is 0 Å². The zero-order valence-electron chi connectivity index (χ0n) is 18.0. The maximum atomic E-state index is 13.5. The van der Waals surface area contributed by atoms with Crippen molar-refractivity contribution in [2.45, 2.75) is 76.3 Å². The molecule has 1 heterocycles. The summed E-state index contributed by atoms with van der Waals surface area (Å²) in [7, 11) is 0. The molecule has 1 saturated heterocycles. The fourth-order valence-corrected chi connectivity index (χ4v) is 4.64. The van der Waals surface area contributed by atoms with Gasteiger partial charge in [-0.05, 0) is 62.6 Å². The van der Waals surface area contributed by atoms with E-state index >= 15 is 0 Å². The SMILES string of the molecule is CCCC[C@@]1(c2ccc(F)cc2)NC(=O)N(CC(=O)N(C2=CCCCC2)C2CC2)C1=O. The van der Waals surface area contributed by atoms with Crippen molar-refractivity contribution < 1.29 is 18.8 Å². The van der Waals surface area contributed by atoms with E-state index in [9.17, 15) is 18.8 Å². The Morgan fingerprint density at radius 3 is 2.58 bits per heavy atom. The summed E-state index contributed by atoms with van der Waals surface area (Å²) >= 11 is 0. The molecule has 6 nitrogen and oxygen atoms in total. The molecule has 0 unspecified atom stereocenters. The number of carbonyl (C=O) groups is 3. The molecule has 0 bridgehead atoms. The lowest BCUT2D eigenvalue weighted by atomic mass is 9.85. The maximum absolute atomic E-state index is 13.5. The van der Waals surface area contributed by atoms with Gasteiger partial charge in [-0.25, -0.2) is 9.18 Å². The average Bonchev–Trinajstić information content (AvgIpc) is 3.57. The molecule has 7 heteroatoms. The minimum absolute atomic E-state index is 0.180. The van der Waals surface area contributed by atoms with Crippen LogP contribution in [0.15, 0.2) is 36.0 Å². The number of nitrogens with zero attached hydrogens (tertiary/aromatic N) is 2. The fourth-order valence-electron chi connectivity index (χ4n) is 4.64. The van der Waals surface area contributed by atoms with Crippen molar-refractivity contribution in [2.24, 2.45) is 0 Å². The minimum Gasteiger partial charge on any atom is -0.319 e. The first-order valence-corrected chi connectivity index (χ1v) is 11.4. The Bertz CT molecular complexity index is 894. The van der Waals surface area contributed by atoms with E-state index in [4.69, 9.17) is 0 Å². The molecular weight excluding hydrogens is 397 g/mol. The topological polar surface area (TPSA) is 69.7 Å². The van der Waals surface area contributed by atoms with Crippen molar-refractivity contribution >= 4 is 17.8 Å². The summed E-state index contributed by atoms with van der Waals surface area (Å²) < 4.78 is 13.5. The van der Waals surface area contributed by atoms with Crippen molar-refractivity contribution in [3.63, 3.8) is 0 Å². The number of carbonyl (C=O) groups excluding carboxylic acids is 3. The molecule has 2 aliphatic carbocycles. The van der Waals surface area contributed by atoms with Gasteiger partial charge in [0.05, 0.1) is 0 Å². The van der Waals surface area contributed by atoms with E-state index in [2.05, 4.69) is 11.4 Å². The lowest BCUT2D eigenvalue weighted by molar-refractivity contribution is -0.138. The summed E-state index contributed by atoms with van der Waals surface area (Å²) in [5, 5.41) is 2.84. The Balaban J connectivity index is 1.58. The predicted octanol–water partition coefficient (Wildman–Crippen LogP) is 4.21. The number of rotatable bonds is 8. The van der Waals surface area contributed by atoms with Crippen molar-refractivity contribution in [3.05, 3.63) is 47.4 Å². The van der Waals surface area contributed by atoms with Crippen LogP contribution in [0.3, 0.4) is 0 Å². The highest BCUT2D eigenvalue weighted by atomic mass is 19.1. The van der Waals surface area contributed by atoms with Gasteiger partial charge in [-0.15, -0.1) is 0 Å². The molecule has 1 atom stereocenters. The van der Waals surface area contributed by atoms with Crippen LogP contribution in [-0.4, -0.2) is 40.2 Å². The summed E-state index contributed by atoms with van der Waals surface area (Å²) in [6.45, 7) is 1.74. The molecule has 4 amide bonds. The third-order valence-electron chi connectivity index (χ3n) is 6.47. The summed E-state index contributed by atoms with van der Waals surface area (Å²) in [5.41, 5.74) is 0.321. The number of unbranched alkanes of at least 4 members (excludes halogenated alkanes) is 1. The van der Waals surface area contributed by atoms with Gasteiger partial charge in [-0.3, -0.25) is 14.5 Å². The van der Waals surface area contributed by atoms with Crippen LogP contribution in [0.1, 0.15) is 70.3 Å². The van der Waals surface area contributed by atoms with Gasteiger partial charge in [0.1, 0.15) is 17.9 Å². The zero-order valence-corrected chi connectivity index (χ0v) is 18.0. The van der Waals surface area contributed by atoms with Crippen LogP contribution < -0.4 is 5.32 Å². The Morgan fingerprint density at radius 1 is 1.23 bits per heavy atom. The standard InChI is InChI=1S/C24H30FN3O3/c1-2-3-15-24(17-9-11-18(25)12-10-17)22(30)27(23(31)26-24)16-21(29)28(20-13-14-20)19-7-5-4-6-8-19/h7,9-12,20H,2-6,8,13-16H2,1H3,(H,26,31)/t24-/m0/s1. The number of allylic oxidation sites excluding steroid dienone is 2. The van der Waals surface area contributed by atoms with E-state index < -0.39 is 23.3 Å².